The maximum Gasteiger partial charge on any atom is 0.287 e. The van der Waals surface area contributed by atoms with E-state index >= 15 is 0 Å². The molecule has 2 aromatic carbocycles. The van der Waals surface area contributed by atoms with E-state index in [2.05, 4.69) is 15.8 Å². The van der Waals surface area contributed by atoms with Crippen LogP contribution in [-0.4, -0.2) is 24.1 Å². The number of halogens is 2. The van der Waals surface area contributed by atoms with Gasteiger partial charge in [-0.25, -0.2) is 5.43 Å². The summed E-state index contributed by atoms with van der Waals surface area (Å²) in [6.07, 6.45) is 2.92. The minimum Gasteiger partial charge on any atom is -0.455 e. The first-order valence-corrected chi connectivity index (χ1v) is 11.5. The maximum absolute atomic E-state index is 12.8. The summed E-state index contributed by atoms with van der Waals surface area (Å²) in [5, 5.41) is 7.96. The van der Waals surface area contributed by atoms with Gasteiger partial charge in [-0.05, 0) is 49.9 Å². The number of benzene rings is 2. The van der Waals surface area contributed by atoms with Crippen LogP contribution in [0.4, 0.5) is 0 Å². The van der Waals surface area contributed by atoms with Crippen molar-refractivity contribution in [2.24, 2.45) is 5.10 Å². The number of furan rings is 1. The van der Waals surface area contributed by atoms with E-state index in [9.17, 15) is 9.59 Å². The molecule has 6 nitrogen and oxygen atoms in total. The highest BCUT2D eigenvalue weighted by Gasteiger charge is 2.28. The topological polar surface area (TPSA) is 83.7 Å². The zero-order valence-corrected chi connectivity index (χ0v) is 19.6. The summed E-state index contributed by atoms with van der Waals surface area (Å²) in [4.78, 5) is 25.3. The van der Waals surface area contributed by atoms with E-state index in [0.717, 1.165) is 29.5 Å². The Hall–Kier alpha value is -3.09. The molecule has 1 aliphatic rings. The second-order valence-corrected chi connectivity index (χ2v) is 8.67. The van der Waals surface area contributed by atoms with Crippen LogP contribution in [0.1, 0.15) is 56.2 Å². The molecule has 0 radical (unpaired) electrons. The first-order valence-electron chi connectivity index (χ1n) is 10.7. The SMILES string of the molecule is Cc1c(C(=O)NCCc2ccccc2)oc2c1/C(=N/NC(=O)c1ccc(Cl)cc1Cl)CCC2. The number of hydrogen-bond donors (Lipinski definition) is 2. The third-order valence-electron chi connectivity index (χ3n) is 5.54. The van der Waals surface area contributed by atoms with Crippen LogP contribution in [0, 0.1) is 6.92 Å². The number of rotatable bonds is 6. The molecule has 1 heterocycles. The highest BCUT2D eigenvalue weighted by Crippen LogP contribution is 2.30. The Bertz CT molecular complexity index is 1220. The number of carbonyl (C=O) groups is 2. The number of hydrazone groups is 1. The minimum absolute atomic E-state index is 0.249. The molecule has 33 heavy (non-hydrogen) atoms. The lowest BCUT2D eigenvalue weighted by Crippen LogP contribution is -2.26. The predicted octanol–water partition coefficient (Wildman–Crippen LogP) is 5.34. The van der Waals surface area contributed by atoms with Crippen LogP contribution >= 0.6 is 23.2 Å². The Morgan fingerprint density at radius 2 is 1.85 bits per heavy atom. The van der Waals surface area contributed by atoms with Crippen LogP contribution in [0.2, 0.25) is 10.0 Å². The Kier molecular flexibility index (Phi) is 7.16. The Morgan fingerprint density at radius 1 is 1.06 bits per heavy atom. The lowest BCUT2D eigenvalue weighted by atomic mass is 9.93. The summed E-state index contributed by atoms with van der Waals surface area (Å²) in [5.41, 5.74) is 6.19. The van der Waals surface area contributed by atoms with Crippen molar-refractivity contribution < 1.29 is 14.0 Å². The summed E-state index contributed by atoms with van der Waals surface area (Å²) < 4.78 is 5.91. The largest absolute Gasteiger partial charge is 0.455 e. The molecule has 4 rings (SSSR count). The molecule has 1 aromatic heterocycles. The van der Waals surface area contributed by atoms with Gasteiger partial charge in [-0.3, -0.25) is 9.59 Å². The number of fused-ring (bicyclic) bond motifs is 1. The summed E-state index contributed by atoms with van der Waals surface area (Å²) in [6.45, 7) is 2.35. The fraction of sp³-hybridized carbons (Fsp3) is 0.240. The minimum atomic E-state index is -0.434. The van der Waals surface area contributed by atoms with Crippen molar-refractivity contribution in [3.63, 3.8) is 0 Å². The molecule has 3 aromatic rings. The molecule has 0 saturated heterocycles. The normalized spacial score (nSPS) is 14.1. The van der Waals surface area contributed by atoms with Crippen molar-refractivity contribution in [2.75, 3.05) is 6.54 Å². The van der Waals surface area contributed by atoms with Crippen LogP contribution in [0.15, 0.2) is 58.0 Å². The monoisotopic (exact) mass is 483 g/mol. The summed E-state index contributed by atoms with van der Waals surface area (Å²) >= 11 is 12.0. The van der Waals surface area contributed by atoms with Gasteiger partial charge in [0.25, 0.3) is 11.8 Å². The number of hydrogen-bond acceptors (Lipinski definition) is 4. The lowest BCUT2D eigenvalue weighted by Gasteiger charge is -2.13. The van der Waals surface area contributed by atoms with E-state index in [4.69, 9.17) is 27.6 Å². The van der Waals surface area contributed by atoms with Crippen molar-refractivity contribution in [3.8, 4) is 0 Å². The van der Waals surface area contributed by atoms with Gasteiger partial charge in [-0.15, -0.1) is 0 Å². The summed E-state index contributed by atoms with van der Waals surface area (Å²) in [6, 6.07) is 14.6. The fourth-order valence-corrected chi connectivity index (χ4v) is 4.39. The van der Waals surface area contributed by atoms with Gasteiger partial charge >= 0.3 is 0 Å². The van der Waals surface area contributed by atoms with Gasteiger partial charge in [0, 0.05) is 29.1 Å². The third kappa shape index (κ3) is 5.29. The number of aryl methyl sites for hydroxylation is 1. The third-order valence-corrected chi connectivity index (χ3v) is 6.09. The molecule has 0 saturated carbocycles. The van der Waals surface area contributed by atoms with Gasteiger partial charge < -0.3 is 9.73 Å². The Morgan fingerprint density at radius 3 is 2.61 bits per heavy atom. The first kappa shape index (κ1) is 23.1. The standard InChI is InChI=1S/C25H23Cl2N3O3/c1-15-22-20(29-30-24(31)18-11-10-17(26)14-19(18)27)8-5-9-21(22)33-23(15)25(32)28-13-12-16-6-3-2-4-7-16/h2-4,6-7,10-11,14H,5,8-9,12-13H2,1H3,(H,28,32)(H,30,31)/b29-20+. The van der Waals surface area contributed by atoms with Gasteiger partial charge in [-0.2, -0.15) is 5.10 Å². The van der Waals surface area contributed by atoms with Crippen molar-refractivity contribution in [1.29, 1.82) is 0 Å². The van der Waals surface area contributed by atoms with Crippen molar-refractivity contribution in [1.82, 2.24) is 10.7 Å². The molecule has 0 unspecified atom stereocenters. The molecule has 1 aliphatic carbocycles. The molecule has 0 fully saturated rings. The zero-order valence-electron chi connectivity index (χ0n) is 18.1. The van der Waals surface area contributed by atoms with Gasteiger partial charge in [0.1, 0.15) is 5.76 Å². The molecule has 0 bridgehead atoms. The number of nitrogens with zero attached hydrogens (tertiary/aromatic N) is 1. The molecular weight excluding hydrogens is 461 g/mol. The van der Waals surface area contributed by atoms with Gasteiger partial charge in [0.05, 0.1) is 16.3 Å². The van der Waals surface area contributed by atoms with Gasteiger partial charge in [-0.1, -0.05) is 53.5 Å². The summed E-state index contributed by atoms with van der Waals surface area (Å²) in [5.74, 6) is 0.310. The second kappa shape index (κ2) is 10.2. The predicted molar refractivity (Wildman–Crippen MR) is 129 cm³/mol. The van der Waals surface area contributed by atoms with Crippen LogP contribution in [0.5, 0.6) is 0 Å². The van der Waals surface area contributed by atoms with E-state index in [0.29, 0.717) is 35.9 Å². The van der Waals surface area contributed by atoms with Gasteiger partial charge in [0.15, 0.2) is 5.76 Å². The molecule has 0 atom stereocenters. The van der Waals surface area contributed by atoms with Crippen molar-refractivity contribution >= 4 is 40.7 Å². The van der Waals surface area contributed by atoms with E-state index in [-0.39, 0.29) is 22.3 Å². The number of nitrogens with one attached hydrogen (secondary N) is 2. The smallest absolute Gasteiger partial charge is 0.287 e. The highest BCUT2D eigenvalue weighted by molar-refractivity contribution is 6.36. The lowest BCUT2D eigenvalue weighted by molar-refractivity contribution is 0.0922. The average Bonchev–Trinajstić information content (AvgIpc) is 3.15. The number of amides is 2. The molecule has 0 spiro atoms. The van der Waals surface area contributed by atoms with Crippen LogP contribution in [0.3, 0.4) is 0 Å². The molecule has 2 N–H and O–H groups in total. The number of carbonyl (C=O) groups excluding carboxylic acids is 2. The fourth-order valence-electron chi connectivity index (χ4n) is 3.89. The molecule has 8 heteroatoms. The molecule has 0 aliphatic heterocycles. The second-order valence-electron chi connectivity index (χ2n) is 7.82. The van der Waals surface area contributed by atoms with E-state index < -0.39 is 5.91 Å². The first-order chi connectivity index (χ1) is 15.9. The molecular formula is C25H23Cl2N3O3. The van der Waals surface area contributed by atoms with Crippen LogP contribution < -0.4 is 10.7 Å². The highest BCUT2D eigenvalue weighted by atomic mass is 35.5. The summed E-state index contributed by atoms with van der Waals surface area (Å²) in [7, 11) is 0. The quantitative estimate of drug-likeness (QED) is 0.464. The zero-order chi connectivity index (χ0) is 23.4. The average molecular weight is 484 g/mol. The maximum atomic E-state index is 12.8. The molecule has 170 valence electrons. The van der Waals surface area contributed by atoms with E-state index in [1.165, 1.54) is 6.07 Å². The van der Waals surface area contributed by atoms with Gasteiger partial charge in [0.2, 0.25) is 0 Å². The molecule has 2 amide bonds. The van der Waals surface area contributed by atoms with E-state index in [1.807, 2.05) is 37.3 Å². The van der Waals surface area contributed by atoms with Crippen molar-refractivity contribution in [3.05, 3.63) is 92.4 Å². The van der Waals surface area contributed by atoms with Crippen LogP contribution in [0.25, 0.3) is 0 Å². The Balaban J connectivity index is 1.47. The Labute approximate surface area is 202 Å². The van der Waals surface area contributed by atoms with Crippen LogP contribution in [-0.2, 0) is 12.8 Å². The van der Waals surface area contributed by atoms with E-state index in [1.54, 1.807) is 12.1 Å². The van der Waals surface area contributed by atoms with Crippen molar-refractivity contribution in [2.45, 2.75) is 32.6 Å².